The Morgan fingerprint density at radius 2 is 2.10 bits per heavy atom. The minimum Gasteiger partial charge on any atom is -0.344 e. The van der Waals surface area contributed by atoms with E-state index in [9.17, 15) is 0 Å². The summed E-state index contributed by atoms with van der Waals surface area (Å²) in [6.07, 6.45) is 10.9. The van der Waals surface area contributed by atoms with Crippen LogP contribution in [-0.2, 0) is 7.05 Å². The van der Waals surface area contributed by atoms with Crippen molar-refractivity contribution in [3.8, 4) is 22.4 Å². The highest BCUT2D eigenvalue weighted by Crippen LogP contribution is 2.27. The number of fused-ring (bicyclic) bond motifs is 1. The number of aromatic amines is 1. The first-order valence-electron chi connectivity index (χ1n) is 6.55. The topological polar surface area (TPSA) is 72.3 Å². The highest BCUT2D eigenvalue weighted by atomic mass is 15.2. The minimum atomic E-state index is 0.765. The number of nitrogens with zero attached hydrogens (tertiary/aromatic N) is 5. The molecule has 1 N–H and O–H groups in total. The second-order valence-electron chi connectivity index (χ2n) is 4.80. The number of pyridine rings is 1. The van der Waals surface area contributed by atoms with Crippen molar-refractivity contribution in [3.63, 3.8) is 0 Å². The maximum absolute atomic E-state index is 4.72. The molecule has 0 aliphatic heterocycles. The van der Waals surface area contributed by atoms with Gasteiger partial charge in [0.05, 0.1) is 18.1 Å². The van der Waals surface area contributed by atoms with E-state index in [0.29, 0.717) is 0 Å². The van der Waals surface area contributed by atoms with Crippen molar-refractivity contribution in [2.24, 2.45) is 7.05 Å². The van der Waals surface area contributed by atoms with Gasteiger partial charge in [0.1, 0.15) is 5.52 Å². The number of rotatable bonds is 2. The molecule has 0 atom stereocenters. The molecular weight excluding hydrogens is 264 g/mol. The van der Waals surface area contributed by atoms with Crippen molar-refractivity contribution < 1.29 is 0 Å². The number of nitrogens with one attached hydrogen (secondary N) is 1. The summed E-state index contributed by atoms with van der Waals surface area (Å²) in [7, 11) is 1.88. The summed E-state index contributed by atoms with van der Waals surface area (Å²) < 4.78 is 1.75. The van der Waals surface area contributed by atoms with Crippen LogP contribution >= 0.6 is 0 Å². The van der Waals surface area contributed by atoms with E-state index in [-0.39, 0.29) is 0 Å². The molecule has 21 heavy (non-hydrogen) atoms. The normalized spacial score (nSPS) is 11.1. The van der Waals surface area contributed by atoms with Gasteiger partial charge in [0.25, 0.3) is 0 Å². The quantitative estimate of drug-likeness (QED) is 0.610. The van der Waals surface area contributed by atoms with Gasteiger partial charge < -0.3 is 4.98 Å². The molecule has 0 bridgehead atoms. The molecular formula is C15H12N6. The average Bonchev–Trinajstić information content (AvgIpc) is 3.13. The first-order valence-corrected chi connectivity index (χ1v) is 6.55. The Hall–Kier alpha value is -3.02. The fraction of sp³-hybridized carbons (Fsp3) is 0.0667. The standard InChI is InChI=1S/C15H12N6/c1-21-9-11(6-19-21)13-8-18-15-14(20-13)12(7-17-15)10-3-2-4-16-5-10/h2-9H,1H3,(H,17,18). The number of H-pyrrole nitrogens is 1. The molecule has 0 aliphatic rings. The molecule has 0 aromatic carbocycles. The smallest absolute Gasteiger partial charge is 0.156 e. The van der Waals surface area contributed by atoms with Crippen molar-refractivity contribution in [2.45, 2.75) is 0 Å². The Morgan fingerprint density at radius 3 is 2.86 bits per heavy atom. The SMILES string of the molecule is Cn1cc(-c2cnc3[nH]cc(-c4cccnc4)c3n2)cn1. The molecule has 0 fully saturated rings. The van der Waals surface area contributed by atoms with E-state index in [1.165, 1.54) is 0 Å². The van der Waals surface area contributed by atoms with Crippen molar-refractivity contribution >= 4 is 11.2 Å². The zero-order valence-corrected chi connectivity index (χ0v) is 11.4. The molecule has 4 aromatic heterocycles. The third-order valence-electron chi connectivity index (χ3n) is 3.35. The second-order valence-corrected chi connectivity index (χ2v) is 4.80. The van der Waals surface area contributed by atoms with Crippen LogP contribution in [0.5, 0.6) is 0 Å². The number of hydrogen-bond acceptors (Lipinski definition) is 4. The van der Waals surface area contributed by atoms with E-state index in [4.69, 9.17) is 4.98 Å². The molecule has 6 nitrogen and oxygen atoms in total. The van der Waals surface area contributed by atoms with E-state index in [1.807, 2.05) is 37.8 Å². The number of aryl methyl sites for hydroxylation is 1. The third kappa shape index (κ3) is 1.97. The summed E-state index contributed by atoms with van der Waals surface area (Å²) in [5, 5.41) is 4.17. The van der Waals surface area contributed by atoms with E-state index < -0.39 is 0 Å². The first-order chi connectivity index (χ1) is 10.3. The summed E-state index contributed by atoms with van der Waals surface area (Å²) in [6, 6.07) is 3.92. The Balaban J connectivity index is 1.90. The molecule has 4 heterocycles. The molecule has 4 rings (SSSR count). The molecule has 0 amide bonds. The van der Waals surface area contributed by atoms with E-state index in [2.05, 4.69) is 20.1 Å². The fourth-order valence-electron chi connectivity index (χ4n) is 2.33. The molecule has 0 aliphatic carbocycles. The third-order valence-corrected chi connectivity index (χ3v) is 3.35. The first kappa shape index (κ1) is 11.8. The molecule has 0 spiro atoms. The highest BCUT2D eigenvalue weighted by molar-refractivity contribution is 5.91. The van der Waals surface area contributed by atoms with Crippen LogP contribution in [-0.4, -0.2) is 29.7 Å². The lowest BCUT2D eigenvalue weighted by Crippen LogP contribution is -1.88. The second kappa shape index (κ2) is 4.52. The molecule has 102 valence electrons. The number of hydrogen-bond donors (Lipinski definition) is 1. The van der Waals surface area contributed by atoms with Gasteiger partial charge in [-0.3, -0.25) is 9.67 Å². The van der Waals surface area contributed by atoms with Crippen molar-refractivity contribution in [1.82, 2.24) is 29.7 Å². The zero-order chi connectivity index (χ0) is 14.2. The largest absolute Gasteiger partial charge is 0.344 e. The van der Waals surface area contributed by atoms with Crippen LogP contribution in [0.3, 0.4) is 0 Å². The predicted octanol–water partition coefficient (Wildman–Crippen LogP) is 2.42. The molecule has 0 radical (unpaired) electrons. The van der Waals surface area contributed by atoms with Gasteiger partial charge in [-0.1, -0.05) is 6.07 Å². The predicted molar refractivity (Wildman–Crippen MR) is 79.3 cm³/mol. The van der Waals surface area contributed by atoms with Gasteiger partial charge in [0.2, 0.25) is 0 Å². The van der Waals surface area contributed by atoms with Gasteiger partial charge in [-0.05, 0) is 6.07 Å². The summed E-state index contributed by atoms with van der Waals surface area (Å²) in [4.78, 5) is 16.5. The highest BCUT2D eigenvalue weighted by Gasteiger charge is 2.11. The minimum absolute atomic E-state index is 0.765. The molecule has 6 heteroatoms. The fourth-order valence-corrected chi connectivity index (χ4v) is 2.33. The maximum Gasteiger partial charge on any atom is 0.156 e. The van der Waals surface area contributed by atoms with Gasteiger partial charge in [-0.2, -0.15) is 5.10 Å². The molecule has 0 saturated carbocycles. The lowest BCUT2D eigenvalue weighted by atomic mass is 10.1. The lowest BCUT2D eigenvalue weighted by molar-refractivity contribution is 0.768. The van der Waals surface area contributed by atoms with Crippen LogP contribution in [0.4, 0.5) is 0 Å². The van der Waals surface area contributed by atoms with E-state index in [1.54, 1.807) is 23.3 Å². The summed E-state index contributed by atoms with van der Waals surface area (Å²) in [5.74, 6) is 0. The summed E-state index contributed by atoms with van der Waals surface area (Å²) >= 11 is 0. The van der Waals surface area contributed by atoms with Crippen LogP contribution in [0, 0.1) is 0 Å². The van der Waals surface area contributed by atoms with Gasteiger partial charge in [0.15, 0.2) is 5.65 Å². The Kier molecular flexibility index (Phi) is 2.53. The lowest BCUT2D eigenvalue weighted by Gasteiger charge is -2.00. The molecule has 0 saturated heterocycles. The van der Waals surface area contributed by atoms with Crippen LogP contribution in [0.2, 0.25) is 0 Å². The average molecular weight is 276 g/mol. The van der Waals surface area contributed by atoms with Crippen LogP contribution in [0.15, 0.2) is 49.3 Å². The van der Waals surface area contributed by atoms with Crippen molar-refractivity contribution in [2.75, 3.05) is 0 Å². The maximum atomic E-state index is 4.72. The van der Waals surface area contributed by atoms with Gasteiger partial charge in [-0.15, -0.1) is 0 Å². The Bertz CT molecular complexity index is 906. The van der Waals surface area contributed by atoms with Gasteiger partial charge in [0, 0.05) is 48.5 Å². The monoisotopic (exact) mass is 276 g/mol. The van der Waals surface area contributed by atoms with Gasteiger partial charge >= 0.3 is 0 Å². The number of aromatic nitrogens is 6. The van der Waals surface area contributed by atoms with Crippen LogP contribution in [0.25, 0.3) is 33.5 Å². The molecule has 4 aromatic rings. The van der Waals surface area contributed by atoms with E-state index in [0.717, 1.165) is 33.5 Å². The van der Waals surface area contributed by atoms with Gasteiger partial charge in [-0.25, -0.2) is 9.97 Å². The van der Waals surface area contributed by atoms with Crippen LogP contribution < -0.4 is 0 Å². The van der Waals surface area contributed by atoms with Crippen molar-refractivity contribution in [3.05, 3.63) is 49.3 Å². The zero-order valence-electron chi connectivity index (χ0n) is 11.4. The summed E-state index contributed by atoms with van der Waals surface area (Å²) in [5.41, 5.74) is 5.37. The summed E-state index contributed by atoms with van der Waals surface area (Å²) in [6.45, 7) is 0. The molecule has 0 unspecified atom stereocenters. The van der Waals surface area contributed by atoms with Crippen molar-refractivity contribution in [1.29, 1.82) is 0 Å². The Morgan fingerprint density at radius 1 is 1.14 bits per heavy atom. The van der Waals surface area contributed by atoms with E-state index >= 15 is 0 Å². The Labute approximate surface area is 120 Å². The van der Waals surface area contributed by atoms with Crippen LogP contribution in [0.1, 0.15) is 0 Å².